The van der Waals surface area contributed by atoms with Crippen LogP contribution in [0.15, 0.2) is 4.90 Å². The standard InChI is InChI=1S/C11H17ClN2O3S/c1-8-11(18(12,15)16)9(2)14(13-8)6-5-10-4-3-7-17-10/h10H,3-7H2,1-2H3. The summed E-state index contributed by atoms with van der Waals surface area (Å²) in [7, 11) is 1.68. The van der Waals surface area contributed by atoms with Crippen LogP contribution in [-0.4, -0.2) is 30.9 Å². The van der Waals surface area contributed by atoms with Crippen molar-refractivity contribution in [1.29, 1.82) is 0 Å². The van der Waals surface area contributed by atoms with E-state index in [4.69, 9.17) is 15.4 Å². The maximum atomic E-state index is 11.4. The molecule has 1 aromatic rings. The molecule has 102 valence electrons. The van der Waals surface area contributed by atoms with Gasteiger partial charge in [0.05, 0.1) is 17.5 Å². The average Bonchev–Trinajstić information content (AvgIpc) is 2.82. The molecule has 0 radical (unpaired) electrons. The van der Waals surface area contributed by atoms with Crippen LogP contribution in [0.4, 0.5) is 0 Å². The van der Waals surface area contributed by atoms with Crippen molar-refractivity contribution in [3.8, 4) is 0 Å². The topological polar surface area (TPSA) is 61.2 Å². The third-order valence-corrected chi connectivity index (χ3v) is 4.79. The number of aromatic nitrogens is 2. The van der Waals surface area contributed by atoms with Crippen molar-refractivity contribution >= 4 is 19.7 Å². The molecule has 1 aliphatic rings. The quantitative estimate of drug-likeness (QED) is 0.796. The molecular formula is C11H17ClN2O3S. The number of ether oxygens (including phenoxy) is 1. The predicted molar refractivity (Wildman–Crippen MR) is 68.3 cm³/mol. The third-order valence-electron chi connectivity index (χ3n) is 3.25. The van der Waals surface area contributed by atoms with E-state index >= 15 is 0 Å². The molecule has 1 aliphatic heterocycles. The van der Waals surface area contributed by atoms with E-state index in [0.717, 1.165) is 25.9 Å². The van der Waals surface area contributed by atoms with Gasteiger partial charge in [-0.05, 0) is 33.1 Å². The third kappa shape index (κ3) is 2.87. The Morgan fingerprint density at radius 1 is 1.50 bits per heavy atom. The lowest BCUT2D eigenvalue weighted by Gasteiger charge is -2.10. The van der Waals surface area contributed by atoms with E-state index in [9.17, 15) is 8.42 Å². The first kappa shape index (κ1) is 13.8. The van der Waals surface area contributed by atoms with Crippen molar-refractivity contribution in [2.75, 3.05) is 6.61 Å². The molecule has 0 amide bonds. The molecule has 1 fully saturated rings. The molecule has 1 saturated heterocycles. The van der Waals surface area contributed by atoms with Gasteiger partial charge in [0.2, 0.25) is 0 Å². The molecule has 1 aromatic heterocycles. The Labute approximate surface area is 111 Å². The fourth-order valence-electron chi connectivity index (χ4n) is 2.39. The zero-order chi connectivity index (χ0) is 13.3. The second-order valence-electron chi connectivity index (χ2n) is 4.58. The number of rotatable bonds is 4. The van der Waals surface area contributed by atoms with Gasteiger partial charge in [0.1, 0.15) is 4.90 Å². The van der Waals surface area contributed by atoms with Crippen LogP contribution < -0.4 is 0 Å². The smallest absolute Gasteiger partial charge is 0.264 e. The molecular weight excluding hydrogens is 276 g/mol. The van der Waals surface area contributed by atoms with Gasteiger partial charge < -0.3 is 4.74 Å². The Hall–Kier alpha value is -0.590. The lowest BCUT2D eigenvalue weighted by atomic mass is 10.2. The number of nitrogens with zero attached hydrogens (tertiary/aromatic N) is 2. The van der Waals surface area contributed by atoms with Crippen LogP contribution in [0.3, 0.4) is 0 Å². The minimum absolute atomic E-state index is 0.136. The molecule has 0 spiro atoms. The second kappa shape index (κ2) is 5.19. The van der Waals surface area contributed by atoms with E-state index in [-0.39, 0.29) is 11.0 Å². The normalized spacial score (nSPS) is 20.5. The number of hydrogen-bond donors (Lipinski definition) is 0. The lowest BCUT2D eigenvalue weighted by molar-refractivity contribution is 0.0992. The van der Waals surface area contributed by atoms with E-state index in [1.165, 1.54) is 0 Å². The van der Waals surface area contributed by atoms with Gasteiger partial charge in [-0.25, -0.2) is 8.42 Å². The molecule has 0 aromatic carbocycles. The van der Waals surface area contributed by atoms with E-state index in [1.54, 1.807) is 18.5 Å². The van der Waals surface area contributed by atoms with Crippen LogP contribution in [0.25, 0.3) is 0 Å². The summed E-state index contributed by atoms with van der Waals surface area (Å²) in [6.07, 6.45) is 3.29. The summed E-state index contributed by atoms with van der Waals surface area (Å²) in [6.45, 7) is 4.86. The maximum absolute atomic E-state index is 11.4. The fourth-order valence-corrected chi connectivity index (χ4v) is 3.91. The van der Waals surface area contributed by atoms with Crippen molar-refractivity contribution in [3.63, 3.8) is 0 Å². The average molecular weight is 293 g/mol. The van der Waals surface area contributed by atoms with Crippen LogP contribution in [0.1, 0.15) is 30.7 Å². The summed E-state index contributed by atoms with van der Waals surface area (Å²) >= 11 is 0. The first-order valence-electron chi connectivity index (χ1n) is 6.00. The lowest BCUT2D eigenvalue weighted by Crippen LogP contribution is -2.12. The molecule has 1 unspecified atom stereocenters. The van der Waals surface area contributed by atoms with E-state index < -0.39 is 9.05 Å². The van der Waals surface area contributed by atoms with Gasteiger partial charge in [-0.2, -0.15) is 5.10 Å². The second-order valence-corrected chi connectivity index (χ2v) is 7.09. The Balaban J connectivity index is 2.14. The van der Waals surface area contributed by atoms with Gasteiger partial charge in [-0.15, -0.1) is 0 Å². The summed E-state index contributed by atoms with van der Waals surface area (Å²) in [5, 5.41) is 4.24. The first-order chi connectivity index (χ1) is 8.39. The Morgan fingerprint density at radius 3 is 2.72 bits per heavy atom. The molecule has 0 bridgehead atoms. The van der Waals surface area contributed by atoms with Gasteiger partial charge in [0.25, 0.3) is 9.05 Å². The van der Waals surface area contributed by atoms with Crippen LogP contribution in [-0.2, 0) is 20.3 Å². The Morgan fingerprint density at radius 2 is 2.22 bits per heavy atom. The number of hydrogen-bond acceptors (Lipinski definition) is 4. The predicted octanol–water partition coefficient (Wildman–Crippen LogP) is 2.00. The van der Waals surface area contributed by atoms with Crippen LogP contribution in [0.5, 0.6) is 0 Å². The van der Waals surface area contributed by atoms with Gasteiger partial charge in [-0.1, -0.05) is 0 Å². The molecule has 0 aliphatic carbocycles. The van der Waals surface area contributed by atoms with Crippen LogP contribution >= 0.6 is 10.7 Å². The molecule has 5 nitrogen and oxygen atoms in total. The summed E-state index contributed by atoms with van der Waals surface area (Å²) < 4.78 is 30.1. The molecule has 0 N–H and O–H groups in total. The Bertz CT molecular complexity index is 533. The minimum atomic E-state index is -3.72. The van der Waals surface area contributed by atoms with Gasteiger partial charge >= 0.3 is 0 Å². The summed E-state index contributed by atoms with van der Waals surface area (Å²) in [6, 6.07) is 0. The number of halogens is 1. The zero-order valence-electron chi connectivity index (χ0n) is 10.5. The van der Waals surface area contributed by atoms with Crippen molar-refractivity contribution in [1.82, 2.24) is 9.78 Å². The van der Waals surface area contributed by atoms with Crippen molar-refractivity contribution in [2.24, 2.45) is 0 Å². The minimum Gasteiger partial charge on any atom is -0.378 e. The summed E-state index contributed by atoms with van der Waals surface area (Å²) in [5.41, 5.74) is 1.05. The zero-order valence-corrected chi connectivity index (χ0v) is 12.1. The van der Waals surface area contributed by atoms with Crippen molar-refractivity contribution in [3.05, 3.63) is 11.4 Å². The SMILES string of the molecule is Cc1nn(CCC2CCCO2)c(C)c1S(=O)(=O)Cl. The monoisotopic (exact) mass is 292 g/mol. The largest absolute Gasteiger partial charge is 0.378 e. The molecule has 7 heteroatoms. The summed E-state index contributed by atoms with van der Waals surface area (Å²) in [4.78, 5) is 0.136. The van der Waals surface area contributed by atoms with Gasteiger partial charge in [0.15, 0.2) is 0 Å². The maximum Gasteiger partial charge on any atom is 0.264 e. The highest BCUT2D eigenvalue weighted by atomic mass is 35.7. The molecule has 0 saturated carbocycles. The van der Waals surface area contributed by atoms with Gasteiger partial charge in [0, 0.05) is 23.8 Å². The molecule has 2 heterocycles. The first-order valence-corrected chi connectivity index (χ1v) is 8.31. The van der Waals surface area contributed by atoms with Gasteiger partial charge in [-0.3, -0.25) is 4.68 Å². The highest BCUT2D eigenvalue weighted by molar-refractivity contribution is 8.13. The van der Waals surface area contributed by atoms with E-state index in [0.29, 0.717) is 17.9 Å². The highest BCUT2D eigenvalue weighted by Crippen LogP contribution is 2.24. The molecule has 18 heavy (non-hydrogen) atoms. The number of aryl methyl sites for hydroxylation is 2. The van der Waals surface area contributed by atoms with E-state index in [2.05, 4.69) is 5.10 Å². The van der Waals surface area contributed by atoms with Crippen molar-refractivity contribution < 1.29 is 13.2 Å². The Kier molecular flexibility index (Phi) is 3.99. The molecule has 1 atom stereocenters. The fraction of sp³-hybridized carbons (Fsp3) is 0.727. The highest BCUT2D eigenvalue weighted by Gasteiger charge is 2.23. The molecule has 2 rings (SSSR count). The van der Waals surface area contributed by atoms with Crippen LogP contribution in [0.2, 0.25) is 0 Å². The van der Waals surface area contributed by atoms with Crippen LogP contribution in [0, 0.1) is 13.8 Å². The van der Waals surface area contributed by atoms with Crippen molar-refractivity contribution in [2.45, 2.75) is 50.7 Å². The van der Waals surface area contributed by atoms with E-state index in [1.807, 2.05) is 0 Å². The summed E-state index contributed by atoms with van der Waals surface area (Å²) in [5.74, 6) is 0.